The number of nitrogens with zero attached hydrogens (tertiary/aromatic N) is 2. The minimum absolute atomic E-state index is 0.0281. The van der Waals surface area contributed by atoms with Crippen LogP contribution in [0.5, 0.6) is 0 Å². The van der Waals surface area contributed by atoms with Gasteiger partial charge in [0, 0.05) is 45.2 Å². The van der Waals surface area contributed by atoms with Crippen molar-refractivity contribution < 1.29 is 14.3 Å². The highest BCUT2D eigenvalue weighted by atomic mass is 16.5. The molecular weight excluding hydrogens is 270 g/mol. The molecule has 0 aromatic rings. The van der Waals surface area contributed by atoms with Crippen molar-refractivity contribution in [3.8, 4) is 0 Å². The highest BCUT2D eigenvalue weighted by molar-refractivity contribution is 5.80. The molecule has 2 amide bonds. The van der Waals surface area contributed by atoms with Crippen LogP contribution >= 0.6 is 0 Å². The topological polar surface area (TPSA) is 61.9 Å². The number of rotatable bonds is 5. The highest BCUT2D eigenvalue weighted by Crippen LogP contribution is 2.10. The second-order valence-corrected chi connectivity index (χ2v) is 6.13. The predicted molar refractivity (Wildman–Crippen MR) is 79.8 cm³/mol. The summed E-state index contributed by atoms with van der Waals surface area (Å²) >= 11 is 0. The average molecular weight is 297 g/mol. The molecule has 1 atom stereocenters. The molecule has 0 aromatic heterocycles. The van der Waals surface area contributed by atoms with Gasteiger partial charge in [0.25, 0.3) is 0 Å². The van der Waals surface area contributed by atoms with E-state index in [2.05, 4.69) is 5.32 Å². The van der Waals surface area contributed by atoms with E-state index in [1.54, 1.807) is 0 Å². The summed E-state index contributed by atoms with van der Waals surface area (Å²) in [7, 11) is 0. The minimum atomic E-state index is 0.0281. The van der Waals surface area contributed by atoms with Gasteiger partial charge in [0.2, 0.25) is 11.8 Å². The van der Waals surface area contributed by atoms with Gasteiger partial charge in [-0.3, -0.25) is 9.59 Å². The number of hydrogen-bond donors (Lipinski definition) is 1. The van der Waals surface area contributed by atoms with Crippen LogP contribution in [0.4, 0.5) is 0 Å². The largest absolute Gasteiger partial charge is 0.377 e. The van der Waals surface area contributed by atoms with Crippen molar-refractivity contribution in [2.24, 2.45) is 5.92 Å². The molecule has 6 heteroatoms. The summed E-state index contributed by atoms with van der Waals surface area (Å²) in [5, 5.41) is 3.18. The van der Waals surface area contributed by atoms with Crippen molar-refractivity contribution in [1.29, 1.82) is 0 Å². The van der Waals surface area contributed by atoms with E-state index < -0.39 is 0 Å². The van der Waals surface area contributed by atoms with Crippen LogP contribution in [0.3, 0.4) is 0 Å². The average Bonchev–Trinajstić information content (AvgIpc) is 2.99. The number of piperazine rings is 1. The molecule has 0 saturated carbocycles. The quantitative estimate of drug-likeness (QED) is 0.781. The van der Waals surface area contributed by atoms with E-state index in [4.69, 9.17) is 4.74 Å². The van der Waals surface area contributed by atoms with E-state index in [1.807, 2.05) is 23.6 Å². The molecule has 0 aromatic carbocycles. The van der Waals surface area contributed by atoms with Crippen LogP contribution < -0.4 is 5.32 Å². The highest BCUT2D eigenvalue weighted by Gasteiger charge is 2.25. The predicted octanol–water partition coefficient (Wildman–Crippen LogP) is 0.0818. The van der Waals surface area contributed by atoms with E-state index in [0.717, 1.165) is 26.0 Å². The SMILES string of the molecule is CC(C)C(=O)N1CCN(C(=O)CNCC2CCCO2)CC1. The van der Waals surface area contributed by atoms with Crippen molar-refractivity contribution in [3.63, 3.8) is 0 Å². The van der Waals surface area contributed by atoms with E-state index in [9.17, 15) is 9.59 Å². The molecule has 0 radical (unpaired) electrons. The Bertz CT molecular complexity index is 359. The zero-order valence-corrected chi connectivity index (χ0v) is 13.1. The molecule has 2 fully saturated rings. The van der Waals surface area contributed by atoms with Gasteiger partial charge < -0.3 is 19.9 Å². The van der Waals surface area contributed by atoms with Gasteiger partial charge in [-0.2, -0.15) is 0 Å². The van der Waals surface area contributed by atoms with Gasteiger partial charge >= 0.3 is 0 Å². The van der Waals surface area contributed by atoms with Gasteiger partial charge in [-0.05, 0) is 12.8 Å². The Morgan fingerprint density at radius 1 is 1.19 bits per heavy atom. The molecule has 0 bridgehead atoms. The van der Waals surface area contributed by atoms with Crippen molar-refractivity contribution >= 4 is 11.8 Å². The summed E-state index contributed by atoms with van der Waals surface area (Å²) in [6, 6.07) is 0. The fourth-order valence-corrected chi connectivity index (χ4v) is 2.80. The van der Waals surface area contributed by atoms with Gasteiger partial charge in [0.05, 0.1) is 12.6 Å². The van der Waals surface area contributed by atoms with Gasteiger partial charge in [0.15, 0.2) is 0 Å². The number of ether oxygens (including phenoxy) is 1. The lowest BCUT2D eigenvalue weighted by atomic mass is 10.1. The van der Waals surface area contributed by atoms with Crippen LogP contribution in [0.1, 0.15) is 26.7 Å². The number of hydrogen-bond acceptors (Lipinski definition) is 4. The Hall–Kier alpha value is -1.14. The standard InChI is InChI=1S/C15H27N3O3/c1-12(2)15(20)18-7-5-17(6-8-18)14(19)11-16-10-13-4-3-9-21-13/h12-13,16H,3-11H2,1-2H3. The fourth-order valence-electron chi connectivity index (χ4n) is 2.80. The van der Waals surface area contributed by atoms with Crippen LogP contribution in [0.15, 0.2) is 0 Å². The van der Waals surface area contributed by atoms with Gasteiger partial charge in [-0.25, -0.2) is 0 Å². The molecule has 6 nitrogen and oxygen atoms in total. The van der Waals surface area contributed by atoms with Gasteiger partial charge in [-0.15, -0.1) is 0 Å². The van der Waals surface area contributed by atoms with Crippen LogP contribution in [-0.4, -0.2) is 73.6 Å². The molecule has 1 N–H and O–H groups in total. The van der Waals surface area contributed by atoms with E-state index >= 15 is 0 Å². The van der Waals surface area contributed by atoms with Crippen LogP contribution in [0.25, 0.3) is 0 Å². The van der Waals surface area contributed by atoms with Crippen molar-refractivity contribution in [2.45, 2.75) is 32.8 Å². The molecule has 2 aliphatic heterocycles. The van der Waals surface area contributed by atoms with Crippen LogP contribution in [-0.2, 0) is 14.3 Å². The zero-order valence-electron chi connectivity index (χ0n) is 13.1. The second kappa shape index (κ2) is 7.75. The van der Waals surface area contributed by atoms with E-state index in [-0.39, 0.29) is 23.8 Å². The summed E-state index contributed by atoms with van der Waals surface area (Å²) < 4.78 is 5.51. The summed E-state index contributed by atoms with van der Waals surface area (Å²) in [6.07, 6.45) is 2.46. The third-order valence-electron chi connectivity index (χ3n) is 4.11. The first kappa shape index (κ1) is 16.2. The molecule has 0 aliphatic carbocycles. The molecular formula is C15H27N3O3. The minimum Gasteiger partial charge on any atom is -0.377 e. The summed E-state index contributed by atoms with van der Waals surface area (Å²) in [6.45, 7) is 8.34. The summed E-state index contributed by atoms with van der Waals surface area (Å²) in [5.41, 5.74) is 0. The summed E-state index contributed by atoms with van der Waals surface area (Å²) in [4.78, 5) is 27.7. The lowest BCUT2D eigenvalue weighted by Gasteiger charge is -2.35. The van der Waals surface area contributed by atoms with E-state index in [0.29, 0.717) is 32.7 Å². The molecule has 2 saturated heterocycles. The van der Waals surface area contributed by atoms with Crippen molar-refractivity contribution in [3.05, 3.63) is 0 Å². The maximum atomic E-state index is 12.1. The van der Waals surface area contributed by atoms with Crippen LogP contribution in [0, 0.1) is 5.92 Å². The normalized spacial score (nSPS) is 22.9. The first-order valence-corrected chi connectivity index (χ1v) is 7.97. The first-order valence-electron chi connectivity index (χ1n) is 7.97. The third-order valence-corrected chi connectivity index (χ3v) is 4.11. The molecule has 21 heavy (non-hydrogen) atoms. The lowest BCUT2D eigenvalue weighted by Crippen LogP contribution is -2.53. The Kier molecular flexibility index (Phi) is 5.99. The Balaban J connectivity index is 1.64. The van der Waals surface area contributed by atoms with Crippen molar-refractivity contribution in [1.82, 2.24) is 15.1 Å². The number of amides is 2. The Morgan fingerprint density at radius 2 is 1.86 bits per heavy atom. The molecule has 2 aliphatic rings. The first-order chi connectivity index (χ1) is 10.1. The molecule has 0 spiro atoms. The van der Waals surface area contributed by atoms with E-state index in [1.165, 1.54) is 0 Å². The number of nitrogens with one attached hydrogen (secondary N) is 1. The number of carbonyl (C=O) groups excluding carboxylic acids is 2. The monoisotopic (exact) mass is 297 g/mol. The second-order valence-electron chi connectivity index (χ2n) is 6.13. The molecule has 2 heterocycles. The Labute approximate surface area is 126 Å². The molecule has 120 valence electrons. The zero-order chi connectivity index (χ0) is 15.2. The fraction of sp³-hybridized carbons (Fsp3) is 0.867. The lowest BCUT2D eigenvalue weighted by molar-refractivity contribution is -0.141. The van der Waals surface area contributed by atoms with Crippen LogP contribution in [0.2, 0.25) is 0 Å². The maximum Gasteiger partial charge on any atom is 0.236 e. The third kappa shape index (κ3) is 4.68. The van der Waals surface area contributed by atoms with Gasteiger partial charge in [0.1, 0.15) is 0 Å². The summed E-state index contributed by atoms with van der Waals surface area (Å²) in [5.74, 6) is 0.323. The molecule has 1 unspecified atom stereocenters. The van der Waals surface area contributed by atoms with Crippen molar-refractivity contribution in [2.75, 3.05) is 45.9 Å². The molecule has 2 rings (SSSR count). The Morgan fingerprint density at radius 3 is 2.43 bits per heavy atom. The smallest absolute Gasteiger partial charge is 0.236 e. The van der Waals surface area contributed by atoms with Gasteiger partial charge in [-0.1, -0.05) is 13.8 Å². The maximum absolute atomic E-state index is 12.1. The number of carbonyl (C=O) groups is 2.